The van der Waals surface area contributed by atoms with Crippen molar-refractivity contribution in [3.05, 3.63) is 83.6 Å². The number of hydrogen-bond donors (Lipinski definition) is 2. The molecule has 0 atom stereocenters. The number of rotatable bonds is 7. The quantitative estimate of drug-likeness (QED) is 0.455. The van der Waals surface area contributed by atoms with Crippen LogP contribution in [0.3, 0.4) is 0 Å². The highest BCUT2D eigenvalue weighted by molar-refractivity contribution is 6.05. The van der Waals surface area contributed by atoms with Crippen molar-refractivity contribution < 1.29 is 23.2 Å². The third kappa shape index (κ3) is 6.47. The number of nitrogens with zero attached hydrogens (tertiary/aromatic N) is 2. The highest BCUT2D eigenvalue weighted by atomic mass is 19.1. The number of benzene rings is 2. The zero-order chi connectivity index (χ0) is 27.2. The fraction of sp³-hybridized carbons (Fsp3) is 0.367. The largest absolute Gasteiger partial charge is 0.459 e. The second-order valence-corrected chi connectivity index (χ2v) is 10.1. The van der Waals surface area contributed by atoms with Crippen LogP contribution in [0.1, 0.15) is 58.6 Å². The molecule has 1 aliphatic heterocycles. The Morgan fingerprint density at radius 2 is 1.69 bits per heavy atom. The molecule has 0 spiro atoms. The Morgan fingerprint density at radius 1 is 0.897 bits per heavy atom. The second kappa shape index (κ2) is 12.1. The van der Waals surface area contributed by atoms with E-state index >= 15 is 0 Å². The molecule has 1 aromatic heterocycles. The summed E-state index contributed by atoms with van der Waals surface area (Å²) in [4.78, 5) is 43.1. The van der Waals surface area contributed by atoms with Crippen molar-refractivity contribution in [1.29, 1.82) is 0 Å². The molecule has 2 aliphatic rings. The smallest absolute Gasteiger partial charge is 0.291 e. The Hall–Kier alpha value is -4.14. The summed E-state index contributed by atoms with van der Waals surface area (Å²) < 4.78 is 18.5. The van der Waals surface area contributed by atoms with Crippen LogP contribution in [-0.2, 0) is 11.3 Å². The van der Waals surface area contributed by atoms with Crippen molar-refractivity contribution in [2.75, 3.05) is 36.4 Å². The molecule has 5 rings (SSSR count). The Balaban J connectivity index is 1.34. The highest BCUT2D eigenvalue weighted by Crippen LogP contribution is 2.29. The van der Waals surface area contributed by atoms with Gasteiger partial charge < -0.3 is 24.9 Å². The van der Waals surface area contributed by atoms with Crippen molar-refractivity contribution in [2.24, 2.45) is 5.92 Å². The van der Waals surface area contributed by atoms with Gasteiger partial charge in [0.15, 0.2) is 5.76 Å². The van der Waals surface area contributed by atoms with Crippen LogP contribution in [0.2, 0.25) is 0 Å². The van der Waals surface area contributed by atoms with Crippen LogP contribution in [0, 0.1) is 11.7 Å². The molecule has 204 valence electrons. The predicted molar refractivity (Wildman–Crippen MR) is 146 cm³/mol. The fourth-order valence-corrected chi connectivity index (χ4v) is 5.36. The van der Waals surface area contributed by atoms with Gasteiger partial charge in [0, 0.05) is 50.0 Å². The summed E-state index contributed by atoms with van der Waals surface area (Å²) >= 11 is 0. The molecule has 2 N–H and O–H groups in total. The van der Waals surface area contributed by atoms with E-state index in [0.717, 1.165) is 43.4 Å². The lowest BCUT2D eigenvalue weighted by Crippen LogP contribution is -2.38. The molecular formula is C30H33FN4O4. The van der Waals surface area contributed by atoms with Crippen molar-refractivity contribution in [3.63, 3.8) is 0 Å². The molecule has 3 amide bonds. The van der Waals surface area contributed by atoms with E-state index in [4.69, 9.17) is 4.42 Å². The summed E-state index contributed by atoms with van der Waals surface area (Å²) in [6.07, 6.45) is 6.41. The molecule has 9 heteroatoms. The summed E-state index contributed by atoms with van der Waals surface area (Å²) in [5.41, 5.74) is 2.37. The monoisotopic (exact) mass is 532 g/mol. The van der Waals surface area contributed by atoms with Crippen LogP contribution < -0.4 is 15.5 Å². The average molecular weight is 533 g/mol. The van der Waals surface area contributed by atoms with Gasteiger partial charge in [0.05, 0.1) is 11.8 Å². The van der Waals surface area contributed by atoms with E-state index in [0.29, 0.717) is 37.4 Å². The molecule has 1 saturated carbocycles. The summed E-state index contributed by atoms with van der Waals surface area (Å²) in [5.74, 6) is -0.508. The van der Waals surface area contributed by atoms with Gasteiger partial charge in [0.25, 0.3) is 11.8 Å². The standard InChI is InChI=1S/C30H33FN4O4/c31-23-10-8-21(9-11-23)20-32-28(36)25-19-24(33-29(37)27-7-3-18-39-27)12-13-26(25)34-14-4-15-35(17-16-34)30(38)22-5-1-2-6-22/h3,7-13,18-19,22H,1-2,4-6,14-17,20H2,(H,32,36)(H,33,37). The first-order chi connectivity index (χ1) is 19.0. The molecule has 2 fully saturated rings. The molecule has 8 nitrogen and oxygen atoms in total. The molecule has 0 bridgehead atoms. The van der Waals surface area contributed by atoms with E-state index in [1.165, 1.54) is 18.4 Å². The minimum absolute atomic E-state index is 0.140. The van der Waals surface area contributed by atoms with Gasteiger partial charge in [-0.25, -0.2) is 4.39 Å². The first-order valence-corrected chi connectivity index (χ1v) is 13.5. The Kier molecular flexibility index (Phi) is 8.24. The van der Waals surface area contributed by atoms with Gasteiger partial charge in [-0.1, -0.05) is 25.0 Å². The fourth-order valence-electron chi connectivity index (χ4n) is 5.36. The van der Waals surface area contributed by atoms with Crippen LogP contribution in [0.15, 0.2) is 65.3 Å². The van der Waals surface area contributed by atoms with Gasteiger partial charge in [0.1, 0.15) is 5.82 Å². The number of halogens is 1. The molecule has 1 saturated heterocycles. The van der Waals surface area contributed by atoms with Crippen molar-refractivity contribution >= 4 is 29.1 Å². The minimum atomic E-state index is -0.416. The predicted octanol–water partition coefficient (Wildman–Crippen LogP) is 4.83. The van der Waals surface area contributed by atoms with Crippen molar-refractivity contribution in [3.8, 4) is 0 Å². The van der Waals surface area contributed by atoms with E-state index in [1.807, 2.05) is 11.0 Å². The number of nitrogens with one attached hydrogen (secondary N) is 2. The maximum Gasteiger partial charge on any atom is 0.291 e. The van der Waals surface area contributed by atoms with Crippen LogP contribution in [-0.4, -0.2) is 48.8 Å². The normalized spacial score (nSPS) is 16.1. The van der Waals surface area contributed by atoms with Crippen LogP contribution in [0.5, 0.6) is 0 Å². The Bertz CT molecular complexity index is 1300. The van der Waals surface area contributed by atoms with E-state index < -0.39 is 5.91 Å². The lowest BCUT2D eigenvalue weighted by molar-refractivity contribution is -0.135. The maximum absolute atomic E-state index is 13.4. The van der Waals surface area contributed by atoms with Gasteiger partial charge in [0.2, 0.25) is 5.91 Å². The Morgan fingerprint density at radius 3 is 2.44 bits per heavy atom. The molecule has 39 heavy (non-hydrogen) atoms. The summed E-state index contributed by atoms with van der Waals surface area (Å²) in [6, 6.07) is 14.4. The minimum Gasteiger partial charge on any atom is -0.459 e. The Labute approximate surface area is 227 Å². The molecule has 2 heterocycles. The van der Waals surface area contributed by atoms with Gasteiger partial charge >= 0.3 is 0 Å². The van der Waals surface area contributed by atoms with Crippen molar-refractivity contribution in [2.45, 2.75) is 38.6 Å². The van der Waals surface area contributed by atoms with Crippen molar-refractivity contribution in [1.82, 2.24) is 10.2 Å². The molecule has 0 unspecified atom stereocenters. The van der Waals surface area contributed by atoms with E-state index in [2.05, 4.69) is 15.5 Å². The number of amides is 3. The van der Waals surface area contributed by atoms with Gasteiger partial charge in [-0.2, -0.15) is 0 Å². The van der Waals surface area contributed by atoms with E-state index in [9.17, 15) is 18.8 Å². The van der Waals surface area contributed by atoms with Gasteiger partial charge in [-0.15, -0.1) is 0 Å². The molecule has 1 aliphatic carbocycles. The SMILES string of the molecule is O=C(Nc1ccc(N2CCCN(C(=O)C3CCCC3)CC2)c(C(=O)NCc2ccc(F)cc2)c1)c1ccco1. The summed E-state index contributed by atoms with van der Waals surface area (Å²) in [5, 5.41) is 5.71. The third-order valence-electron chi connectivity index (χ3n) is 7.46. The summed E-state index contributed by atoms with van der Waals surface area (Å²) in [6.45, 7) is 2.84. The first-order valence-electron chi connectivity index (χ1n) is 13.5. The van der Waals surface area contributed by atoms with Gasteiger partial charge in [-0.05, 0) is 67.3 Å². The number of hydrogen-bond acceptors (Lipinski definition) is 5. The summed E-state index contributed by atoms with van der Waals surface area (Å²) in [7, 11) is 0. The van der Waals surface area contributed by atoms with Crippen LogP contribution >= 0.6 is 0 Å². The molecule has 3 aromatic rings. The zero-order valence-corrected chi connectivity index (χ0v) is 21.8. The van der Waals surface area contributed by atoms with Gasteiger partial charge in [-0.3, -0.25) is 14.4 Å². The van der Waals surface area contributed by atoms with E-state index in [1.54, 1.807) is 36.4 Å². The number of furan rings is 1. The van der Waals surface area contributed by atoms with Crippen LogP contribution in [0.25, 0.3) is 0 Å². The molecular weight excluding hydrogens is 499 g/mol. The molecule has 0 radical (unpaired) electrons. The molecule has 2 aromatic carbocycles. The second-order valence-electron chi connectivity index (χ2n) is 10.1. The van der Waals surface area contributed by atoms with Crippen LogP contribution in [0.4, 0.5) is 15.8 Å². The topological polar surface area (TPSA) is 94.9 Å². The average Bonchev–Trinajstić information content (AvgIpc) is 3.64. The number of carbonyl (C=O) groups is 3. The lowest BCUT2D eigenvalue weighted by atomic mass is 10.1. The number of carbonyl (C=O) groups excluding carboxylic acids is 3. The maximum atomic E-state index is 13.4. The number of anilines is 2. The van der Waals surface area contributed by atoms with E-state index in [-0.39, 0.29) is 35.9 Å². The lowest BCUT2D eigenvalue weighted by Gasteiger charge is -2.27. The third-order valence-corrected chi connectivity index (χ3v) is 7.46. The zero-order valence-electron chi connectivity index (χ0n) is 21.8. The highest BCUT2D eigenvalue weighted by Gasteiger charge is 2.29. The first kappa shape index (κ1) is 26.5.